The molecule has 2 atom stereocenters. The molecule has 1 aromatic rings. The molecule has 2 rings (SSSR count). The van der Waals surface area contributed by atoms with Crippen molar-refractivity contribution in [2.24, 2.45) is 11.7 Å². The number of nitrogens with two attached hydrogens (primary N) is 1. The molecule has 0 spiro atoms. The quantitative estimate of drug-likeness (QED) is 0.834. The number of anilines is 1. The minimum absolute atomic E-state index is 0.0967. The first-order chi connectivity index (χ1) is 10.1. The Morgan fingerprint density at radius 2 is 1.95 bits per heavy atom. The molecule has 0 unspecified atom stereocenters. The van der Waals surface area contributed by atoms with Gasteiger partial charge in [0.2, 0.25) is 5.91 Å². The van der Waals surface area contributed by atoms with Crippen LogP contribution in [0.2, 0.25) is 0 Å². The predicted octanol–water partition coefficient (Wildman–Crippen LogP) is 4.03. The Hall–Kier alpha value is -1.00. The van der Waals surface area contributed by atoms with Crippen molar-refractivity contribution in [1.82, 2.24) is 0 Å². The van der Waals surface area contributed by atoms with Crippen molar-refractivity contribution in [3.05, 3.63) is 24.3 Å². The van der Waals surface area contributed by atoms with Crippen LogP contribution in [-0.4, -0.2) is 17.2 Å². The molecular weight excluding hydrogens is 280 g/mol. The summed E-state index contributed by atoms with van der Waals surface area (Å²) in [7, 11) is 0. The number of carbonyl (C=O) groups is 1. The number of thioether (sulfide) groups is 1. The Kier molecular flexibility index (Phi) is 6.12. The third-order valence-electron chi connectivity index (χ3n) is 4.29. The molecule has 3 N–H and O–H groups in total. The van der Waals surface area contributed by atoms with Crippen LogP contribution in [0.5, 0.6) is 0 Å². The summed E-state index contributed by atoms with van der Waals surface area (Å²) >= 11 is 1.96. The molecule has 21 heavy (non-hydrogen) atoms. The standard InChI is InChI=1S/C17H26N2OS/c1-3-12(2)16(18)17(20)19-13-8-10-15(11-9-13)21-14-6-4-5-7-14/h8-12,14,16H,3-7,18H2,1-2H3,(H,19,20)/t12-,16-/m0/s1. The Bertz CT molecular complexity index is 454. The lowest BCUT2D eigenvalue weighted by molar-refractivity contribution is -0.118. The van der Waals surface area contributed by atoms with Crippen LogP contribution in [0.1, 0.15) is 46.0 Å². The third kappa shape index (κ3) is 4.75. The van der Waals surface area contributed by atoms with Crippen molar-refractivity contribution in [1.29, 1.82) is 0 Å². The van der Waals surface area contributed by atoms with Gasteiger partial charge in [0.25, 0.3) is 0 Å². The summed E-state index contributed by atoms with van der Waals surface area (Å²) in [5.41, 5.74) is 6.77. The van der Waals surface area contributed by atoms with Crippen molar-refractivity contribution in [3.63, 3.8) is 0 Å². The van der Waals surface area contributed by atoms with Gasteiger partial charge in [0.1, 0.15) is 0 Å². The van der Waals surface area contributed by atoms with Crippen molar-refractivity contribution in [2.45, 2.75) is 62.1 Å². The fraction of sp³-hybridized carbons (Fsp3) is 0.588. The Morgan fingerprint density at radius 3 is 2.52 bits per heavy atom. The Labute approximate surface area is 132 Å². The van der Waals surface area contributed by atoms with Gasteiger partial charge in [0, 0.05) is 15.8 Å². The average Bonchev–Trinajstić information content (AvgIpc) is 3.00. The van der Waals surface area contributed by atoms with Gasteiger partial charge < -0.3 is 11.1 Å². The van der Waals surface area contributed by atoms with Crippen LogP contribution in [0.4, 0.5) is 5.69 Å². The van der Waals surface area contributed by atoms with E-state index in [0.29, 0.717) is 0 Å². The maximum atomic E-state index is 12.0. The van der Waals surface area contributed by atoms with Gasteiger partial charge in [-0.25, -0.2) is 0 Å². The molecule has 0 radical (unpaired) electrons. The van der Waals surface area contributed by atoms with Crippen LogP contribution in [0, 0.1) is 5.92 Å². The van der Waals surface area contributed by atoms with E-state index < -0.39 is 6.04 Å². The molecule has 0 aromatic heterocycles. The molecule has 1 fully saturated rings. The number of hydrogen-bond donors (Lipinski definition) is 2. The first-order valence-corrected chi connectivity index (χ1v) is 8.81. The number of rotatable bonds is 6. The molecule has 0 saturated heterocycles. The summed E-state index contributed by atoms with van der Waals surface area (Å²) in [5.74, 6) is 0.0998. The summed E-state index contributed by atoms with van der Waals surface area (Å²) in [6.45, 7) is 4.05. The minimum atomic E-state index is -0.442. The van der Waals surface area contributed by atoms with Crippen molar-refractivity contribution >= 4 is 23.4 Å². The topological polar surface area (TPSA) is 55.1 Å². The smallest absolute Gasteiger partial charge is 0.241 e. The van der Waals surface area contributed by atoms with E-state index in [1.165, 1.54) is 30.6 Å². The zero-order valence-corrected chi connectivity index (χ0v) is 13.8. The summed E-state index contributed by atoms with van der Waals surface area (Å²) in [6.07, 6.45) is 6.28. The highest BCUT2D eigenvalue weighted by Gasteiger charge is 2.19. The van der Waals surface area contributed by atoms with Crippen molar-refractivity contribution < 1.29 is 4.79 Å². The van der Waals surface area contributed by atoms with Crippen LogP contribution < -0.4 is 11.1 Å². The summed E-state index contributed by atoms with van der Waals surface area (Å²) in [4.78, 5) is 13.3. The van der Waals surface area contributed by atoms with E-state index in [1.54, 1.807) is 0 Å². The number of carbonyl (C=O) groups excluding carboxylic acids is 1. The largest absolute Gasteiger partial charge is 0.325 e. The molecule has 4 heteroatoms. The number of amides is 1. The van der Waals surface area contributed by atoms with Gasteiger partial charge in [-0.3, -0.25) is 4.79 Å². The highest BCUT2D eigenvalue weighted by molar-refractivity contribution is 8.00. The maximum absolute atomic E-state index is 12.0. The van der Waals surface area contributed by atoms with Crippen molar-refractivity contribution in [2.75, 3.05) is 5.32 Å². The monoisotopic (exact) mass is 306 g/mol. The molecule has 1 aliphatic carbocycles. The highest BCUT2D eigenvalue weighted by atomic mass is 32.2. The van der Waals surface area contributed by atoms with Gasteiger partial charge in [0.05, 0.1) is 6.04 Å². The fourth-order valence-electron chi connectivity index (χ4n) is 2.55. The second kappa shape index (κ2) is 7.85. The molecule has 1 aromatic carbocycles. The molecule has 0 bridgehead atoms. The molecule has 1 saturated carbocycles. The lowest BCUT2D eigenvalue weighted by Gasteiger charge is -2.18. The van der Waals surface area contributed by atoms with Gasteiger partial charge >= 0.3 is 0 Å². The summed E-state index contributed by atoms with van der Waals surface area (Å²) < 4.78 is 0. The lowest BCUT2D eigenvalue weighted by atomic mass is 9.99. The van der Waals surface area contributed by atoms with Crippen LogP contribution >= 0.6 is 11.8 Å². The maximum Gasteiger partial charge on any atom is 0.241 e. The number of benzene rings is 1. The number of nitrogens with one attached hydrogen (secondary N) is 1. The van der Waals surface area contributed by atoms with Gasteiger partial charge in [-0.1, -0.05) is 33.1 Å². The first-order valence-electron chi connectivity index (χ1n) is 7.93. The lowest BCUT2D eigenvalue weighted by Crippen LogP contribution is -2.40. The van der Waals surface area contributed by atoms with Crippen LogP contribution in [0.15, 0.2) is 29.2 Å². The zero-order valence-electron chi connectivity index (χ0n) is 13.0. The van der Waals surface area contributed by atoms with Crippen LogP contribution in [-0.2, 0) is 4.79 Å². The minimum Gasteiger partial charge on any atom is -0.325 e. The molecular formula is C17H26N2OS. The second-order valence-electron chi connectivity index (χ2n) is 5.95. The van der Waals surface area contributed by atoms with E-state index in [-0.39, 0.29) is 11.8 Å². The fourth-order valence-corrected chi connectivity index (χ4v) is 3.80. The number of hydrogen-bond acceptors (Lipinski definition) is 3. The normalized spacial score (nSPS) is 18.4. The van der Waals surface area contributed by atoms with Crippen LogP contribution in [0.3, 0.4) is 0 Å². The summed E-state index contributed by atoms with van der Waals surface area (Å²) in [5, 5.41) is 3.67. The Balaban J connectivity index is 1.88. The first kappa shape index (κ1) is 16.4. The molecule has 0 heterocycles. The molecule has 1 amide bonds. The molecule has 1 aliphatic rings. The second-order valence-corrected chi connectivity index (χ2v) is 7.32. The van der Waals surface area contributed by atoms with Gasteiger partial charge in [-0.15, -0.1) is 11.8 Å². The molecule has 116 valence electrons. The Morgan fingerprint density at radius 1 is 1.33 bits per heavy atom. The summed E-state index contributed by atoms with van der Waals surface area (Å²) in [6, 6.07) is 7.68. The van der Waals surface area contributed by atoms with Crippen LogP contribution in [0.25, 0.3) is 0 Å². The van der Waals surface area contributed by atoms with Gasteiger partial charge in [0.15, 0.2) is 0 Å². The van der Waals surface area contributed by atoms with E-state index >= 15 is 0 Å². The zero-order chi connectivity index (χ0) is 15.2. The van der Waals surface area contributed by atoms with Gasteiger partial charge in [-0.05, 0) is 43.0 Å². The van der Waals surface area contributed by atoms with E-state index in [4.69, 9.17) is 5.73 Å². The third-order valence-corrected chi connectivity index (χ3v) is 5.64. The SMILES string of the molecule is CC[C@H](C)[C@H](N)C(=O)Nc1ccc(SC2CCCC2)cc1. The van der Waals surface area contributed by atoms with Crippen molar-refractivity contribution in [3.8, 4) is 0 Å². The molecule has 0 aliphatic heterocycles. The van der Waals surface area contributed by atoms with Gasteiger partial charge in [-0.2, -0.15) is 0 Å². The molecule has 3 nitrogen and oxygen atoms in total. The predicted molar refractivity (Wildman–Crippen MR) is 90.6 cm³/mol. The van der Waals surface area contributed by atoms with E-state index in [2.05, 4.69) is 17.4 Å². The van der Waals surface area contributed by atoms with E-state index in [9.17, 15) is 4.79 Å². The highest BCUT2D eigenvalue weighted by Crippen LogP contribution is 2.34. The van der Waals surface area contributed by atoms with E-state index in [0.717, 1.165) is 17.4 Å². The van der Waals surface area contributed by atoms with E-state index in [1.807, 2.05) is 37.7 Å². The average molecular weight is 306 g/mol.